The number of hydrogen-bond acceptors (Lipinski definition) is 2. The van der Waals surface area contributed by atoms with Gasteiger partial charge in [-0.05, 0) is 53.2 Å². The van der Waals surface area contributed by atoms with Crippen LogP contribution in [0.15, 0.2) is 34.8 Å². The van der Waals surface area contributed by atoms with Crippen LogP contribution in [0.4, 0.5) is 4.39 Å². The Morgan fingerprint density at radius 1 is 1.33 bits per heavy atom. The molecule has 0 aromatic heterocycles. The molecule has 0 heterocycles. The topological polar surface area (TPSA) is 34.1 Å². The minimum absolute atomic E-state index is 0.216. The standard InChI is InChI=1S/C11H8BrFO2/c1-7(14)2-5-11(15)8-3-4-9(12)10(13)6-8/h2-6H,1H3/b5-2+. The quantitative estimate of drug-likeness (QED) is 0.625. The summed E-state index contributed by atoms with van der Waals surface area (Å²) in [5, 5.41) is 0. The Kier molecular flexibility index (Phi) is 3.91. The first-order valence-corrected chi connectivity index (χ1v) is 4.98. The molecule has 0 fully saturated rings. The van der Waals surface area contributed by atoms with Crippen LogP contribution in [0.1, 0.15) is 17.3 Å². The van der Waals surface area contributed by atoms with Crippen molar-refractivity contribution in [3.63, 3.8) is 0 Å². The summed E-state index contributed by atoms with van der Waals surface area (Å²) in [6.07, 6.45) is 2.29. The fourth-order valence-electron chi connectivity index (χ4n) is 0.939. The second kappa shape index (κ2) is 4.98. The molecule has 78 valence electrons. The molecule has 2 nitrogen and oxygen atoms in total. The maximum atomic E-state index is 13.0. The molecule has 15 heavy (non-hydrogen) atoms. The van der Waals surface area contributed by atoms with Crippen molar-refractivity contribution < 1.29 is 14.0 Å². The van der Waals surface area contributed by atoms with E-state index in [0.717, 1.165) is 18.2 Å². The van der Waals surface area contributed by atoms with E-state index in [4.69, 9.17) is 0 Å². The van der Waals surface area contributed by atoms with Gasteiger partial charge >= 0.3 is 0 Å². The van der Waals surface area contributed by atoms with Gasteiger partial charge in [0.25, 0.3) is 0 Å². The molecule has 0 radical (unpaired) electrons. The van der Waals surface area contributed by atoms with Crippen molar-refractivity contribution in [2.24, 2.45) is 0 Å². The molecule has 0 bridgehead atoms. The van der Waals surface area contributed by atoms with Crippen LogP contribution in [0.25, 0.3) is 0 Å². The summed E-state index contributed by atoms with van der Waals surface area (Å²) >= 11 is 2.98. The summed E-state index contributed by atoms with van der Waals surface area (Å²) in [7, 11) is 0. The third kappa shape index (κ3) is 3.40. The van der Waals surface area contributed by atoms with Gasteiger partial charge in [0.2, 0.25) is 0 Å². The minimum atomic E-state index is -0.503. The largest absolute Gasteiger partial charge is 0.295 e. The van der Waals surface area contributed by atoms with Gasteiger partial charge in [-0.25, -0.2) is 4.39 Å². The lowest BCUT2D eigenvalue weighted by molar-refractivity contribution is -0.112. The SMILES string of the molecule is CC(=O)/C=C/C(=O)c1ccc(Br)c(F)c1. The molecule has 0 atom stereocenters. The highest BCUT2D eigenvalue weighted by atomic mass is 79.9. The van der Waals surface area contributed by atoms with Gasteiger partial charge < -0.3 is 0 Å². The molecule has 0 unspecified atom stereocenters. The Morgan fingerprint density at radius 2 is 2.00 bits per heavy atom. The summed E-state index contributed by atoms with van der Waals surface area (Å²) in [5.74, 6) is -1.12. The first-order chi connectivity index (χ1) is 7.00. The number of carbonyl (C=O) groups is 2. The molecule has 0 saturated carbocycles. The molecule has 0 aliphatic rings. The predicted octanol–water partition coefficient (Wildman–Crippen LogP) is 2.92. The van der Waals surface area contributed by atoms with E-state index in [2.05, 4.69) is 15.9 Å². The zero-order valence-electron chi connectivity index (χ0n) is 7.96. The van der Waals surface area contributed by atoms with Crippen molar-refractivity contribution in [3.05, 3.63) is 46.2 Å². The normalized spacial score (nSPS) is 10.6. The van der Waals surface area contributed by atoms with Crippen molar-refractivity contribution in [1.82, 2.24) is 0 Å². The van der Waals surface area contributed by atoms with Gasteiger partial charge in [-0.3, -0.25) is 9.59 Å². The molecular weight excluding hydrogens is 263 g/mol. The van der Waals surface area contributed by atoms with Crippen molar-refractivity contribution >= 4 is 27.5 Å². The molecular formula is C11H8BrFO2. The second-order valence-corrected chi connectivity index (χ2v) is 3.79. The first-order valence-electron chi connectivity index (χ1n) is 4.18. The summed E-state index contributed by atoms with van der Waals surface area (Å²) in [5.41, 5.74) is 0.216. The lowest BCUT2D eigenvalue weighted by Crippen LogP contribution is -1.96. The number of allylic oxidation sites excluding steroid dienone is 2. The van der Waals surface area contributed by atoms with Crippen LogP contribution in [-0.4, -0.2) is 11.6 Å². The van der Waals surface area contributed by atoms with E-state index in [1.54, 1.807) is 0 Å². The molecule has 0 spiro atoms. The van der Waals surface area contributed by atoms with E-state index in [0.29, 0.717) is 4.47 Å². The molecule has 1 rings (SSSR count). The average Bonchev–Trinajstić information content (AvgIpc) is 2.18. The van der Waals surface area contributed by atoms with Crippen molar-refractivity contribution in [2.45, 2.75) is 6.92 Å². The van der Waals surface area contributed by atoms with E-state index in [9.17, 15) is 14.0 Å². The number of carbonyl (C=O) groups excluding carboxylic acids is 2. The Labute approximate surface area is 94.9 Å². The number of hydrogen-bond donors (Lipinski definition) is 0. The maximum absolute atomic E-state index is 13.0. The molecule has 0 saturated heterocycles. The van der Waals surface area contributed by atoms with Gasteiger partial charge in [0.15, 0.2) is 11.6 Å². The fourth-order valence-corrected chi connectivity index (χ4v) is 1.19. The highest BCUT2D eigenvalue weighted by molar-refractivity contribution is 9.10. The number of rotatable bonds is 3. The molecule has 1 aromatic rings. The van der Waals surface area contributed by atoms with Crippen molar-refractivity contribution in [3.8, 4) is 0 Å². The van der Waals surface area contributed by atoms with Crippen LogP contribution in [0.5, 0.6) is 0 Å². The number of halogens is 2. The van der Waals surface area contributed by atoms with Gasteiger partial charge in [-0.15, -0.1) is 0 Å². The highest BCUT2D eigenvalue weighted by Crippen LogP contribution is 2.16. The molecule has 0 aliphatic heterocycles. The summed E-state index contributed by atoms with van der Waals surface area (Å²) in [4.78, 5) is 22.0. The van der Waals surface area contributed by atoms with E-state index in [1.165, 1.54) is 19.1 Å². The smallest absolute Gasteiger partial charge is 0.186 e. The molecule has 0 amide bonds. The van der Waals surface area contributed by atoms with E-state index in [-0.39, 0.29) is 11.3 Å². The van der Waals surface area contributed by atoms with Crippen LogP contribution in [0.3, 0.4) is 0 Å². The summed E-state index contributed by atoms with van der Waals surface area (Å²) in [6.45, 7) is 1.34. The second-order valence-electron chi connectivity index (χ2n) is 2.94. The first kappa shape index (κ1) is 11.8. The average molecular weight is 271 g/mol. The van der Waals surface area contributed by atoms with Gasteiger partial charge in [0.05, 0.1) is 4.47 Å². The van der Waals surface area contributed by atoms with Crippen molar-refractivity contribution in [1.29, 1.82) is 0 Å². The Morgan fingerprint density at radius 3 is 2.53 bits per heavy atom. The molecule has 0 N–H and O–H groups in total. The zero-order valence-corrected chi connectivity index (χ0v) is 9.55. The molecule has 1 aromatic carbocycles. The molecule has 4 heteroatoms. The third-order valence-electron chi connectivity index (χ3n) is 1.67. The van der Waals surface area contributed by atoms with E-state index >= 15 is 0 Å². The molecule has 0 aliphatic carbocycles. The number of ketones is 2. The van der Waals surface area contributed by atoms with Crippen LogP contribution in [0, 0.1) is 5.82 Å². The van der Waals surface area contributed by atoms with Crippen LogP contribution in [0.2, 0.25) is 0 Å². The van der Waals surface area contributed by atoms with Crippen LogP contribution in [-0.2, 0) is 4.79 Å². The monoisotopic (exact) mass is 270 g/mol. The van der Waals surface area contributed by atoms with Crippen LogP contribution >= 0.6 is 15.9 Å². The maximum Gasteiger partial charge on any atom is 0.186 e. The van der Waals surface area contributed by atoms with Gasteiger partial charge in [0.1, 0.15) is 5.82 Å². The zero-order chi connectivity index (χ0) is 11.4. The Bertz CT molecular complexity index is 438. The van der Waals surface area contributed by atoms with E-state index in [1.807, 2.05) is 0 Å². The Balaban J connectivity index is 2.92. The fraction of sp³-hybridized carbons (Fsp3) is 0.0909. The van der Waals surface area contributed by atoms with Gasteiger partial charge in [-0.1, -0.05) is 0 Å². The van der Waals surface area contributed by atoms with Gasteiger partial charge in [0, 0.05) is 5.56 Å². The lowest BCUT2D eigenvalue weighted by atomic mass is 10.1. The Hall–Kier alpha value is -1.29. The summed E-state index contributed by atoms with van der Waals surface area (Å²) < 4.78 is 13.3. The lowest BCUT2D eigenvalue weighted by Gasteiger charge is -1.97. The third-order valence-corrected chi connectivity index (χ3v) is 2.32. The summed E-state index contributed by atoms with van der Waals surface area (Å²) in [6, 6.07) is 4.06. The highest BCUT2D eigenvalue weighted by Gasteiger charge is 2.05. The minimum Gasteiger partial charge on any atom is -0.295 e. The number of benzene rings is 1. The van der Waals surface area contributed by atoms with Gasteiger partial charge in [-0.2, -0.15) is 0 Å². The predicted molar refractivity (Wildman–Crippen MR) is 58.3 cm³/mol. The van der Waals surface area contributed by atoms with Crippen molar-refractivity contribution in [2.75, 3.05) is 0 Å². The van der Waals surface area contributed by atoms with Crippen LogP contribution < -0.4 is 0 Å². The van der Waals surface area contributed by atoms with E-state index < -0.39 is 11.6 Å².